The summed E-state index contributed by atoms with van der Waals surface area (Å²) >= 11 is 3.48. The van der Waals surface area contributed by atoms with Crippen molar-refractivity contribution in [2.24, 2.45) is 0 Å². The zero-order valence-corrected chi connectivity index (χ0v) is 17.0. The van der Waals surface area contributed by atoms with Crippen LogP contribution in [0.15, 0.2) is 65.3 Å². The molecule has 0 amide bonds. The van der Waals surface area contributed by atoms with E-state index in [4.69, 9.17) is 0 Å². The molecule has 0 aliphatic carbocycles. The molecule has 1 aliphatic rings. The van der Waals surface area contributed by atoms with E-state index in [0.29, 0.717) is 17.0 Å². The molecule has 0 saturated carbocycles. The van der Waals surface area contributed by atoms with Gasteiger partial charge in [-0.15, -0.1) is 0 Å². The second-order valence-corrected chi connectivity index (χ2v) is 6.58. The Morgan fingerprint density at radius 3 is 2.08 bits per heavy atom. The first-order chi connectivity index (χ1) is 12.4. The van der Waals surface area contributed by atoms with Crippen LogP contribution in [-0.4, -0.2) is 11.9 Å². The van der Waals surface area contributed by atoms with Crippen molar-refractivity contribution in [3.63, 3.8) is 0 Å². The van der Waals surface area contributed by atoms with E-state index in [2.05, 4.69) is 22.5 Å². The standard InChI is InChI=1S/C20H16BrF2N.C2H6/c1-12-9-17(22)19(18(23)10-12)20-15(14-7-5-4-6-8-14)11-16(21)13(2)24(20)3;1-2/h4-11H,2H2,1,3H3;1-2H3. The van der Waals surface area contributed by atoms with E-state index in [1.165, 1.54) is 12.1 Å². The summed E-state index contributed by atoms with van der Waals surface area (Å²) in [5, 5.41) is 0. The lowest BCUT2D eigenvalue weighted by atomic mass is 9.94. The van der Waals surface area contributed by atoms with Gasteiger partial charge in [-0.1, -0.05) is 50.8 Å². The van der Waals surface area contributed by atoms with E-state index < -0.39 is 11.6 Å². The van der Waals surface area contributed by atoms with Gasteiger partial charge in [0.05, 0.1) is 11.3 Å². The molecule has 4 heteroatoms. The van der Waals surface area contributed by atoms with Gasteiger partial charge in [-0.25, -0.2) is 8.78 Å². The summed E-state index contributed by atoms with van der Waals surface area (Å²) in [5.41, 5.74) is 3.22. The third kappa shape index (κ3) is 3.80. The molecule has 0 atom stereocenters. The molecule has 0 saturated heterocycles. The molecule has 136 valence electrons. The van der Waals surface area contributed by atoms with Crippen LogP contribution in [0.4, 0.5) is 8.78 Å². The summed E-state index contributed by atoms with van der Waals surface area (Å²) in [6.07, 6.45) is 1.85. The molecule has 0 fully saturated rings. The van der Waals surface area contributed by atoms with E-state index in [1.54, 1.807) is 18.9 Å². The Morgan fingerprint density at radius 2 is 1.54 bits per heavy atom. The number of rotatable bonds is 2. The van der Waals surface area contributed by atoms with Gasteiger partial charge in [-0.05, 0) is 52.2 Å². The van der Waals surface area contributed by atoms with Gasteiger partial charge < -0.3 is 4.90 Å². The van der Waals surface area contributed by atoms with Gasteiger partial charge in [0.2, 0.25) is 0 Å². The number of hydrogen-bond donors (Lipinski definition) is 0. The number of likely N-dealkylation sites (N-methyl/N-ethyl adjacent to an activating group) is 1. The normalized spacial score (nSPS) is 14.0. The first kappa shape index (κ1) is 20.1. The van der Waals surface area contributed by atoms with Gasteiger partial charge >= 0.3 is 0 Å². The van der Waals surface area contributed by atoms with E-state index in [0.717, 1.165) is 15.6 Å². The molecule has 0 unspecified atom stereocenters. The van der Waals surface area contributed by atoms with Gasteiger partial charge in [0, 0.05) is 22.8 Å². The van der Waals surface area contributed by atoms with Crippen molar-refractivity contribution in [2.45, 2.75) is 20.8 Å². The molecular weight excluding hydrogens is 396 g/mol. The Morgan fingerprint density at radius 1 is 1.00 bits per heavy atom. The number of aryl methyl sites for hydroxylation is 1. The lowest BCUT2D eigenvalue weighted by molar-refractivity contribution is 0.549. The van der Waals surface area contributed by atoms with Gasteiger partial charge in [0.25, 0.3) is 0 Å². The molecule has 1 nitrogen and oxygen atoms in total. The van der Waals surface area contributed by atoms with Crippen molar-refractivity contribution in [1.82, 2.24) is 4.90 Å². The first-order valence-corrected chi connectivity index (χ1v) is 9.25. The summed E-state index contributed by atoms with van der Waals surface area (Å²) in [4.78, 5) is 1.71. The summed E-state index contributed by atoms with van der Waals surface area (Å²) in [6, 6.07) is 12.2. The minimum Gasteiger partial charge on any atom is -0.343 e. The van der Waals surface area contributed by atoms with E-state index >= 15 is 0 Å². The lowest BCUT2D eigenvalue weighted by Gasteiger charge is -2.31. The molecule has 3 rings (SSSR count). The number of allylic oxidation sites excluding steroid dienone is 3. The van der Waals surface area contributed by atoms with Crippen molar-refractivity contribution in [3.05, 3.63) is 93.6 Å². The zero-order valence-electron chi connectivity index (χ0n) is 15.4. The third-order valence-corrected chi connectivity index (χ3v) is 4.74. The van der Waals surface area contributed by atoms with Gasteiger partial charge in [-0.2, -0.15) is 0 Å². The monoisotopic (exact) mass is 417 g/mol. The lowest BCUT2D eigenvalue weighted by Crippen LogP contribution is -2.22. The first-order valence-electron chi connectivity index (χ1n) is 8.46. The molecule has 0 spiro atoms. The molecule has 1 heterocycles. The molecule has 2 aromatic rings. The molecule has 0 bridgehead atoms. The third-order valence-electron chi connectivity index (χ3n) is 4.05. The Kier molecular flexibility index (Phi) is 6.54. The number of benzene rings is 2. The molecule has 0 aromatic heterocycles. The zero-order chi connectivity index (χ0) is 19.4. The SMILES string of the molecule is C=C1C(Br)=CC(c2ccccc2)=C(c2c(F)cc(C)cc2F)N1C.CC. The van der Waals surface area contributed by atoms with Crippen LogP contribution in [0.2, 0.25) is 0 Å². The van der Waals surface area contributed by atoms with Crippen LogP contribution in [0.3, 0.4) is 0 Å². The van der Waals surface area contributed by atoms with Crippen molar-refractivity contribution in [3.8, 4) is 0 Å². The fourth-order valence-electron chi connectivity index (χ4n) is 2.82. The number of hydrogen-bond acceptors (Lipinski definition) is 1. The quantitative estimate of drug-likeness (QED) is 0.513. The van der Waals surface area contributed by atoms with Crippen LogP contribution in [0.1, 0.15) is 30.5 Å². The van der Waals surface area contributed by atoms with E-state index in [9.17, 15) is 8.78 Å². The predicted molar refractivity (Wildman–Crippen MR) is 110 cm³/mol. The Balaban J connectivity index is 0.00000117. The molecule has 0 radical (unpaired) electrons. The highest BCUT2D eigenvalue weighted by molar-refractivity contribution is 9.12. The molecule has 1 aliphatic heterocycles. The van der Waals surface area contributed by atoms with Gasteiger partial charge in [-0.3, -0.25) is 0 Å². The molecule has 2 aromatic carbocycles. The highest BCUT2D eigenvalue weighted by Gasteiger charge is 2.27. The fraction of sp³-hybridized carbons (Fsp3) is 0.182. The summed E-state index contributed by atoms with van der Waals surface area (Å²) in [7, 11) is 1.76. The van der Waals surface area contributed by atoms with Crippen molar-refractivity contribution in [2.75, 3.05) is 7.05 Å². The smallest absolute Gasteiger partial charge is 0.135 e. The minimum atomic E-state index is -0.581. The minimum absolute atomic E-state index is 0.0423. The maximum absolute atomic E-state index is 14.6. The molecule has 0 N–H and O–H groups in total. The fourth-order valence-corrected chi connectivity index (χ4v) is 3.32. The van der Waals surface area contributed by atoms with Crippen molar-refractivity contribution < 1.29 is 8.78 Å². The second-order valence-electron chi connectivity index (χ2n) is 5.73. The number of nitrogens with zero attached hydrogens (tertiary/aromatic N) is 1. The average Bonchev–Trinajstić information content (AvgIpc) is 2.63. The summed E-state index contributed by atoms with van der Waals surface area (Å²) in [6.45, 7) is 9.66. The Labute approximate surface area is 162 Å². The highest BCUT2D eigenvalue weighted by atomic mass is 79.9. The van der Waals surface area contributed by atoms with Gasteiger partial charge in [0.1, 0.15) is 11.6 Å². The maximum Gasteiger partial charge on any atom is 0.135 e. The van der Waals surface area contributed by atoms with Crippen molar-refractivity contribution >= 4 is 27.2 Å². The van der Waals surface area contributed by atoms with Crippen LogP contribution < -0.4 is 0 Å². The van der Waals surface area contributed by atoms with E-state index in [-0.39, 0.29) is 5.56 Å². The van der Waals surface area contributed by atoms with Crippen molar-refractivity contribution in [1.29, 1.82) is 0 Å². The van der Waals surface area contributed by atoms with Crippen LogP contribution in [0.25, 0.3) is 11.3 Å². The second kappa shape index (κ2) is 8.45. The average molecular weight is 418 g/mol. The number of halogens is 3. The van der Waals surface area contributed by atoms with Crippen LogP contribution in [0.5, 0.6) is 0 Å². The predicted octanol–water partition coefficient (Wildman–Crippen LogP) is 6.91. The van der Waals surface area contributed by atoms with Crippen LogP contribution in [-0.2, 0) is 0 Å². The highest BCUT2D eigenvalue weighted by Crippen LogP contribution is 2.41. The molecular formula is C22H22BrF2N. The Bertz CT molecular complexity index is 859. The summed E-state index contributed by atoms with van der Waals surface area (Å²) < 4.78 is 30.0. The topological polar surface area (TPSA) is 3.24 Å². The summed E-state index contributed by atoms with van der Waals surface area (Å²) in [5.74, 6) is -1.16. The molecule has 26 heavy (non-hydrogen) atoms. The Hall–Kier alpha value is -2.20. The van der Waals surface area contributed by atoms with E-state index in [1.807, 2.05) is 50.3 Å². The maximum atomic E-state index is 14.6. The van der Waals surface area contributed by atoms with Crippen LogP contribution in [0, 0.1) is 18.6 Å². The van der Waals surface area contributed by atoms with Gasteiger partial charge in [0.15, 0.2) is 0 Å². The van der Waals surface area contributed by atoms with Crippen LogP contribution >= 0.6 is 15.9 Å². The largest absolute Gasteiger partial charge is 0.343 e.